The van der Waals surface area contributed by atoms with Gasteiger partial charge in [-0.2, -0.15) is 0 Å². The number of carbonyl (C=O) groups excluding carboxylic acids is 1. The van der Waals surface area contributed by atoms with Crippen LogP contribution in [-0.4, -0.2) is 11.3 Å². The molecule has 0 bridgehead atoms. The quantitative estimate of drug-likeness (QED) is 0.622. The number of aromatic nitrogens is 1. The van der Waals surface area contributed by atoms with Crippen molar-refractivity contribution >= 4 is 17.1 Å². The molecule has 0 unspecified atom stereocenters. The molecular formula is C10H6FNO. The molecule has 2 aromatic rings. The van der Waals surface area contributed by atoms with Gasteiger partial charge in [-0.3, -0.25) is 9.78 Å². The van der Waals surface area contributed by atoms with Gasteiger partial charge in [0.25, 0.3) is 0 Å². The van der Waals surface area contributed by atoms with Crippen molar-refractivity contribution in [1.29, 1.82) is 0 Å². The highest BCUT2D eigenvalue weighted by molar-refractivity contribution is 5.96. The Labute approximate surface area is 74.0 Å². The van der Waals surface area contributed by atoms with Gasteiger partial charge in [0.2, 0.25) is 0 Å². The molecule has 1 aromatic carbocycles. The first-order valence-corrected chi connectivity index (χ1v) is 3.81. The van der Waals surface area contributed by atoms with Crippen LogP contribution in [0.15, 0.2) is 30.5 Å². The Kier molecular flexibility index (Phi) is 1.77. The standard InChI is InChI=1S/C10H6FNO/c11-9-3-1-2-8-7(9)4-5-12-10(8)6-13/h1-6H. The second-order valence-corrected chi connectivity index (χ2v) is 2.65. The highest BCUT2D eigenvalue weighted by Crippen LogP contribution is 2.18. The van der Waals surface area contributed by atoms with Crippen LogP contribution in [0.3, 0.4) is 0 Å². The van der Waals surface area contributed by atoms with Gasteiger partial charge < -0.3 is 0 Å². The molecule has 0 saturated carbocycles. The number of halogens is 1. The van der Waals surface area contributed by atoms with Crippen LogP contribution in [0, 0.1) is 5.82 Å². The third kappa shape index (κ3) is 1.18. The zero-order valence-electron chi connectivity index (χ0n) is 6.70. The highest BCUT2D eigenvalue weighted by Gasteiger charge is 2.03. The minimum Gasteiger partial charge on any atom is -0.296 e. The van der Waals surface area contributed by atoms with Crippen molar-refractivity contribution in [2.75, 3.05) is 0 Å². The van der Waals surface area contributed by atoms with E-state index in [0.717, 1.165) is 0 Å². The predicted molar refractivity (Wildman–Crippen MR) is 47.1 cm³/mol. The molecule has 0 fully saturated rings. The Bertz CT molecular complexity index is 467. The molecule has 0 aliphatic carbocycles. The van der Waals surface area contributed by atoms with E-state index in [1.165, 1.54) is 12.3 Å². The molecule has 1 aromatic heterocycles. The fourth-order valence-corrected chi connectivity index (χ4v) is 1.29. The first-order chi connectivity index (χ1) is 6.33. The monoisotopic (exact) mass is 175 g/mol. The van der Waals surface area contributed by atoms with E-state index in [0.29, 0.717) is 17.1 Å². The van der Waals surface area contributed by atoms with Crippen molar-refractivity contribution in [2.24, 2.45) is 0 Å². The third-order valence-electron chi connectivity index (χ3n) is 1.90. The van der Waals surface area contributed by atoms with E-state index in [1.807, 2.05) is 0 Å². The van der Waals surface area contributed by atoms with E-state index < -0.39 is 0 Å². The number of rotatable bonds is 1. The van der Waals surface area contributed by atoms with Gasteiger partial charge in [0.15, 0.2) is 6.29 Å². The molecule has 2 nitrogen and oxygen atoms in total. The van der Waals surface area contributed by atoms with Crippen molar-refractivity contribution in [3.63, 3.8) is 0 Å². The number of hydrogen-bond acceptors (Lipinski definition) is 2. The maximum absolute atomic E-state index is 13.2. The minimum atomic E-state index is -0.331. The van der Waals surface area contributed by atoms with E-state index in [1.54, 1.807) is 18.2 Å². The van der Waals surface area contributed by atoms with Crippen LogP contribution in [0.25, 0.3) is 10.8 Å². The summed E-state index contributed by atoms with van der Waals surface area (Å²) in [6, 6.07) is 6.15. The van der Waals surface area contributed by atoms with E-state index >= 15 is 0 Å². The first-order valence-electron chi connectivity index (χ1n) is 3.81. The number of fused-ring (bicyclic) bond motifs is 1. The summed E-state index contributed by atoms with van der Waals surface area (Å²) in [5.74, 6) is -0.331. The smallest absolute Gasteiger partial charge is 0.169 e. The van der Waals surface area contributed by atoms with E-state index in [9.17, 15) is 9.18 Å². The molecule has 0 amide bonds. The Morgan fingerprint density at radius 2 is 2.08 bits per heavy atom. The lowest BCUT2D eigenvalue weighted by Crippen LogP contribution is -1.89. The zero-order valence-corrected chi connectivity index (χ0v) is 6.70. The lowest BCUT2D eigenvalue weighted by Gasteiger charge is -1.99. The maximum atomic E-state index is 13.2. The minimum absolute atomic E-state index is 0.275. The van der Waals surface area contributed by atoms with Gasteiger partial charge in [-0.15, -0.1) is 0 Å². The molecule has 0 aliphatic rings. The van der Waals surface area contributed by atoms with Crippen molar-refractivity contribution in [3.8, 4) is 0 Å². The Morgan fingerprint density at radius 3 is 2.85 bits per heavy atom. The lowest BCUT2D eigenvalue weighted by atomic mass is 10.1. The van der Waals surface area contributed by atoms with Crippen molar-refractivity contribution in [3.05, 3.63) is 42.0 Å². The van der Waals surface area contributed by atoms with Crippen LogP contribution in [-0.2, 0) is 0 Å². The summed E-state index contributed by atoms with van der Waals surface area (Å²) >= 11 is 0. The van der Waals surface area contributed by atoms with Crippen molar-refractivity contribution in [1.82, 2.24) is 4.98 Å². The van der Waals surface area contributed by atoms with Crippen LogP contribution in [0.5, 0.6) is 0 Å². The maximum Gasteiger partial charge on any atom is 0.169 e. The van der Waals surface area contributed by atoms with Gasteiger partial charge in [0.05, 0.1) is 0 Å². The second kappa shape index (κ2) is 2.94. The van der Waals surface area contributed by atoms with E-state index in [-0.39, 0.29) is 11.5 Å². The molecule has 64 valence electrons. The molecule has 0 aliphatic heterocycles. The van der Waals surface area contributed by atoms with E-state index in [4.69, 9.17) is 0 Å². The molecule has 1 heterocycles. The van der Waals surface area contributed by atoms with Gasteiger partial charge >= 0.3 is 0 Å². The second-order valence-electron chi connectivity index (χ2n) is 2.65. The molecule has 13 heavy (non-hydrogen) atoms. The first kappa shape index (κ1) is 7.86. The summed E-state index contributed by atoms with van der Waals surface area (Å²) in [7, 11) is 0. The van der Waals surface area contributed by atoms with Crippen molar-refractivity contribution in [2.45, 2.75) is 0 Å². The molecule has 0 saturated heterocycles. The van der Waals surface area contributed by atoms with Crippen LogP contribution < -0.4 is 0 Å². The van der Waals surface area contributed by atoms with Gasteiger partial charge in [-0.05, 0) is 12.1 Å². The fraction of sp³-hybridized carbons (Fsp3) is 0. The van der Waals surface area contributed by atoms with Crippen molar-refractivity contribution < 1.29 is 9.18 Å². The SMILES string of the molecule is O=Cc1nccc2c(F)cccc12. The number of benzene rings is 1. The van der Waals surface area contributed by atoms with Crippen LogP contribution >= 0.6 is 0 Å². The molecule has 0 spiro atoms. The highest BCUT2D eigenvalue weighted by atomic mass is 19.1. The Balaban J connectivity index is 2.92. The molecular weight excluding hydrogens is 169 g/mol. The average Bonchev–Trinajstić information content (AvgIpc) is 2.18. The van der Waals surface area contributed by atoms with Gasteiger partial charge in [0, 0.05) is 17.0 Å². The van der Waals surface area contributed by atoms with Crippen LogP contribution in [0.2, 0.25) is 0 Å². The number of nitrogens with zero attached hydrogens (tertiary/aromatic N) is 1. The number of hydrogen-bond donors (Lipinski definition) is 0. The number of pyridine rings is 1. The topological polar surface area (TPSA) is 30.0 Å². The normalized spacial score (nSPS) is 10.2. The largest absolute Gasteiger partial charge is 0.296 e. The Hall–Kier alpha value is -1.77. The number of aldehydes is 1. The molecule has 2 rings (SSSR count). The summed E-state index contributed by atoms with van der Waals surface area (Å²) in [4.78, 5) is 14.4. The molecule has 3 heteroatoms. The lowest BCUT2D eigenvalue weighted by molar-refractivity contribution is 0.112. The van der Waals surface area contributed by atoms with Gasteiger partial charge in [-0.1, -0.05) is 12.1 Å². The molecule has 0 radical (unpaired) electrons. The fourth-order valence-electron chi connectivity index (χ4n) is 1.29. The molecule has 0 atom stereocenters. The van der Waals surface area contributed by atoms with Gasteiger partial charge in [0.1, 0.15) is 11.5 Å². The predicted octanol–water partition coefficient (Wildman–Crippen LogP) is 2.19. The average molecular weight is 175 g/mol. The summed E-state index contributed by atoms with van der Waals surface area (Å²) in [5, 5.41) is 0.983. The number of carbonyl (C=O) groups is 1. The van der Waals surface area contributed by atoms with E-state index in [2.05, 4.69) is 4.98 Å². The zero-order chi connectivity index (χ0) is 9.26. The third-order valence-corrected chi connectivity index (χ3v) is 1.90. The summed E-state index contributed by atoms with van der Waals surface area (Å²) < 4.78 is 13.2. The summed E-state index contributed by atoms with van der Waals surface area (Å²) in [6.45, 7) is 0. The summed E-state index contributed by atoms with van der Waals surface area (Å²) in [6.07, 6.45) is 2.05. The van der Waals surface area contributed by atoms with Gasteiger partial charge in [-0.25, -0.2) is 4.39 Å². The Morgan fingerprint density at radius 1 is 1.23 bits per heavy atom. The summed E-state index contributed by atoms with van der Waals surface area (Å²) in [5.41, 5.74) is 0.275. The van der Waals surface area contributed by atoms with Crippen LogP contribution in [0.4, 0.5) is 4.39 Å². The molecule has 0 N–H and O–H groups in total. The van der Waals surface area contributed by atoms with Crippen LogP contribution in [0.1, 0.15) is 10.5 Å².